The van der Waals surface area contributed by atoms with Crippen LogP contribution >= 0.6 is 0 Å². The van der Waals surface area contributed by atoms with Gasteiger partial charge >= 0.3 is 5.97 Å². The minimum absolute atomic E-state index is 0.0970. The van der Waals surface area contributed by atoms with Gasteiger partial charge in [-0.05, 0) is 23.8 Å². The topological polar surface area (TPSA) is 151 Å². The van der Waals surface area contributed by atoms with Crippen LogP contribution in [-0.2, 0) is 25.6 Å². The molecule has 3 unspecified atom stereocenters. The average molecular weight is 435 g/mol. The van der Waals surface area contributed by atoms with Crippen LogP contribution in [0.5, 0.6) is 0 Å². The first kappa shape index (κ1) is 26.1. The number of benzene rings is 1. The number of amides is 3. The molecule has 31 heavy (non-hydrogen) atoms. The van der Waals surface area contributed by atoms with Gasteiger partial charge in [0.15, 0.2) is 0 Å². The molecule has 0 spiro atoms. The van der Waals surface area contributed by atoms with Gasteiger partial charge in [0.2, 0.25) is 17.7 Å². The maximum absolute atomic E-state index is 13.0. The molecule has 1 rings (SSSR count). The summed E-state index contributed by atoms with van der Waals surface area (Å²) in [5.74, 6) is -2.77. The first-order valence-corrected chi connectivity index (χ1v) is 10.4. The molecule has 6 N–H and O–H groups in total. The zero-order valence-corrected chi connectivity index (χ0v) is 18.6. The second-order valence-corrected chi connectivity index (χ2v) is 8.32. The zero-order chi connectivity index (χ0) is 23.6. The molecule has 0 aliphatic rings. The van der Waals surface area contributed by atoms with Crippen molar-refractivity contribution in [2.45, 2.75) is 58.7 Å². The van der Waals surface area contributed by atoms with Gasteiger partial charge in [-0.25, -0.2) is 0 Å². The number of nitrogens with one attached hydrogen (secondary N) is 3. The Balaban J connectivity index is 2.99. The molecule has 0 aliphatic heterocycles. The summed E-state index contributed by atoms with van der Waals surface area (Å²) in [6.45, 7) is 6.88. The van der Waals surface area contributed by atoms with Gasteiger partial charge in [-0.3, -0.25) is 19.2 Å². The number of nitrogens with two attached hydrogens (primary N) is 1. The van der Waals surface area contributed by atoms with E-state index < -0.39 is 48.4 Å². The number of carboxylic acid groups (broad SMARTS) is 1. The summed E-state index contributed by atoms with van der Waals surface area (Å²) in [6.07, 6.45) is 0.531. The standard InChI is InChI=1S/C22H34N4O5/c1-13(2)10-16(26-22(31)19(23)14(3)4)21(30)25-17(20(29)24-12-18(27)28)11-15-8-6-5-7-9-15/h5-9,13-14,16-17,19H,10-12,23H2,1-4H3,(H,24,29)(H,25,30)(H,26,31)(H,27,28). The average Bonchev–Trinajstić information content (AvgIpc) is 2.70. The van der Waals surface area contributed by atoms with E-state index in [4.69, 9.17) is 10.8 Å². The minimum Gasteiger partial charge on any atom is -0.480 e. The predicted octanol–water partition coefficient (Wildman–Crippen LogP) is 0.429. The number of hydrogen-bond donors (Lipinski definition) is 5. The third-order valence-corrected chi connectivity index (χ3v) is 4.69. The van der Waals surface area contributed by atoms with E-state index >= 15 is 0 Å². The largest absolute Gasteiger partial charge is 0.480 e. The third-order valence-electron chi connectivity index (χ3n) is 4.69. The second-order valence-electron chi connectivity index (χ2n) is 8.32. The molecule has 0 bridgehead atoms. The lowest BCUT2D eigenvalue weighted by Gasteiger charge is -2.26. The molecule has 3 atom stereocenters. The van der Waals surface area contributed by atoms with E-state index in [0.29, 0.717) is 6.42 Å². The van der Waals surface area contributed by atoms with E-state index in [0.717, 1.165) is 5.56 Å². The van der Waals surface area contributed by atoms with Crippen molar-refractivity contribution >= 4 is 23.7 Å². The Morgan fingerprint density at radius 3 is 2.00 bits per heavy atom. The molecule has 1 aromatic carbocycles. The summed E-state index contributed by atoms with van der Waals surface area (Å²) in [7, 11) is 0. The third kappa shape index (κ3) is 9.61. The molecule has 0 saturated heterocycles. The van der Waals surface area contributed by atoms with Gasteiger partial charge in [0.1, 0.15) is 18.6 Å². The molecular weight excluding hydrogens is 400 g/mol. The van der Waals surface area contributed by atoms with E-state index in [1.165, 1.54) is 0 Å². The Morgan fingerprint density at radius 2 is 1.48 bits per heavy atom. The molecule has 0 heterocycles. The molecule has 172 valence electrons. The molecule has 1 aromatic rings. The van der Waals surface area contributed by atoms with Crippen molar-refractivity contribution in [3.8, 4) is 0 Å². The van der Waals surface area contributed by atoms with E-state index in [1.807, 2.05) is 33.8 Å². The van der Waals surface area contributed by atoms with Crippen LogP contribution in [0.2, 0.25) is 0 Å². The number of hydrogen-bond acceptors (Lipinski definition) is 5. The van der Waals surface area contributed by atoms with Gasteiger partial charge in [0.25, 0.3) is 0 Å². The Labute approximate surface area is 183 Å². The van der Waals surface area contributed by atoms with Gasteiger partial charge in [0.05, 0.1) is 6.04 Å². The first-order chi connectivity index (χ1) is 14.5. The van der Waals surface area contributed by atoms with Crippen LogP contribution in [0.3, 0.4) is 0 Å². The van der Waals surface area contributed by atoms with Gasteiger partial charge in [-0.2, -0.15) is 0 Å². The summed E-state index contributed by atoms with van der Waals surface area (Å²) < 4.78 is 0. The number of aliphatic carboxylic acids is 1. The molecule has 3 amide bonds. The number of carbonyl (C=O) groups excluding carboxylic acids is 3. The Hall–Kier alpha value is -2.94. The van der Waals surface area contributed by atoms with Gasteiger partial charge in [-0.15, -0.1) is 0 Å². The molecule has 0 radical (unpaired) electrons. The SMILES string of the molecule is CC(C)CC(NC(=O)C(N)C(C)C)C(=O)NC(Cc1ccccc1)C(=O)NCC(=O)O. The van der Waals surface area contributed by atoms with E-state index in [-0.39, 0.29) is 18.3 Å². The van der Waals surface area contributed by atoms with E-state index in [1.54, 1.807) is 24.3 Å². The molecule has 9 nitrogen and oxygen atoms in total. The zero-order valence-electron chi connectivity index (χ0n) is 18.6. The van der Waals surface area contributed by atoms with Crippen molar-refractivity contribution < 1.29 is 24.3 Å². The molecule has 0 fully saturated rings. The van der Waals surface area contributed by atoms with E-state index in [2.05, 4.69) is 16.0 Å². The predicted molar refractivity (Wildman–Crippen MR) is 117 cm³/mol. The second kappa shape index (κ2) is 12.7. The molecule has 0 saturated carbocycles. The molecule has 0 aromatic heterocycles. The summed E-state index contributed by atoms with van der Waals surface area (Å²) in [5, 5.41) is 16.5. The Kier molecular flexibility index (Phi) is 10.7. The summed E-state index contributed by atoms with van der Waals surface area (Å²) in [4.78, 5) is 48.8. The highest BCUT2D eigenvalue weighted by atomic mass is 16.4. The fourth-order valence-corrected chi connectivity index (χ4v) is 2.89. The fraction of sp³-hybridized carbons (Fsp3) is 0.545. The maximum Gasteiger partial charge on any atom is 0.322 e. The first-order valence-electron chi connectivity index (χ1n) is 10.4. The van der Waals surface area contributed by atoms with Crippen molar-refractivity contribution in [3.05, 3.63) is 35.9 Å². The van der Waals surface area contributed by atoms with Gasteiger partial charge in [0, 0.05) is 6.42 Å². The number of carbonyl (C=O) groups is 4. The smallest absolute Gasteiger partial charge is 0.322 e. The normalized spacial score (nSPS) is 13.9. The van der Waals surface area contributed by atoms with Gasteiger partial charge < -0.3 is 26.8 Å². The van der Waals surface area contributed by atoms with Crippen molar-refractivity contribution in [2.24, 2.45) is 17.6 Å². The van der Waals surface area contributed by atoms with Crippen molar-refractivity contribution in [1.29, 1.82) is 0 Å². The lowest BCUT2D eigenvalue weighted by Crippen LogP contribution is -2.57. The van der Waals surface area contributed by atoms with Crippen LogP contribution in [0.15, 0.2) is 30.3 Å². The summed E-state index contributed by atoms with van der Waals surface area (Å²) >= 11 is 0. The Bertz CT molecular complexity index is 752. The Morgan fingerprint density at radius 1 is 0.903 bits per heavy atom. The van der Waals surface area contributed by atoms with Crippen LogP contribution in [-0.4, -0.2) is 53.5 Å². The summed E-state index contributed by atoms with van der Waals surface area (Å²) in [5.41, 5.74) is 6.69. The van der Waals surface area contributed by atoms with Crippen LogP contribution in [0, 0.1) is 11.8 Å². The van der Waals surface area contributed by atoms with Crippen molar-refractivity contribution in [3.63, 3.8) is 0 Å². The molecule has 9 heteroatoms. The van der Waals surface area contributed by atoms with Crippen LogP contribution < -0.4 is 21.7 Å². The fourth-order valence-electron chi connectivity index (χ4n) is 2.89. The number of rotatable bonds is 12. The highest BCUT2D eigenvalue weighted by molar-refractivity contribution is 5.93. The monoisotopic (exact) mass is 434 g/mol. The van der Waals surface area contributed by atoms with Crippen LogP contribution in [0.1, 0.15) is 39.7 Å². The minimum atomic E-state index is -1.19. The lowest BCUT2D eigenvalue weighted by molar-refractivity contribution is -0.138. The van der Waals surface area contributed by atoms with E-state index in [9.17, 15) is 19.2 Å². The van der Waals surface area contributed by atoms with Crippen molar-refractivity contribution in [2.75, 3.05) is 6.54 Å². The van der Waals surface area contributed by atoms with Crippen LogP contribution in [0.25, 0.3) is 0 Å². The molecular formula is C22H34N4O5. The lowest BCUT2D eigenvalue weighted by atomic mass is 9.99. The van der Waals surface area contributed by atoms with Crippen molar-refractivity contribution in [1.82, 2.24) is 16.0 Å². The highest BCUT2D eigenvalue weighted by Gasteiger charge is 2.29. The highest BCUT2D eigenvalue weighted by Crippen LogP contribution is 2.09. The van der Waals surface area contributed by atoms with Crippen LogP contribution in [0.4, 0.5) is 0 Å². The molecule has 0 aliphatic carbocycles. The number of carboxylic acids is 1. The maximum atomic E-state index is 13.0. The summed E-state index contributed by atoms with van der Waals surface area (Å²) in [6, 6.07) is 6.41. The quantitative estimate of drug-likeness (QED) is 0.322. The van der Waals surface area contributed by atoms with Gasteiger partial charge in [-0.1, -0.05) is 58.0 Å².